The van der Waals surface area contributed by atoms with Crippen LogP contribution in [0.5, 0.6) is 0 Å². The highest BCUT2D eigenvalue weighted by molar-refractivity contribution is 7.99. The van der Waals surface area contributed by atoms with Crippen LogP contribution in [0.4, 0.5) is 14.5 Å². The van der Waals surface area contributed by atoms with Gasteiger partial charge in [-0.15, -0.1) is 10.2 Å². The lowest BCUT2D eigenvalue weighted by Crippen LogP contribution is -2.33. The summed E-state index contributed by atoms with van der Waals surface area (Å²) in [5.74, 6) is -2.04. The molecule has 1 unspecified atom stereocenters. The molecule has 0 radical (unpaired) electrons. The van der Waals surface area contributed by atoms with Crippen LogP contribution in [0.15, 0.2) is 53.7 Å². The van der Waals surface area contributed by atoms with Gasteiger partial charge in [0.2, 0.25) is 5.91 Å². The highest BCUT2D eigenvalue weighted by atomic mass is 32.2. The number of halogens is 2. The number of nitrogens with one attached hydrogen (secondary N) is 2. The fourth-order valence-corrected chi connectivity index (χ4v) is 3.69. The fourth-order valence-electron chi connectivity index (χ4n) is 2.97. The molecular formula is C22H23F2N5O2S. The van der Waals surface area contributed by atoms with Crippen molar-refractivity contribution in [2.24, 2.45) is 13.0 Å². The van der Waals surface area contributed by atoms with Crippen molar-refractivity contribution in [2.45, 2.75) is 25.0 Å². The van der Waals surface area contributed by atoms with Crippen LogP contribution in [-0.2, 0) is 11.8 Å². The van der Waals surface area contributed by atoms with E-state index in [2.05, 4.69) is 20.8 Å². The van der Waals surface area contributed by atoms with Gasteiger partial charge in [0, 0.05) is 24.4 Å². The predicted molar refractivity (Wildman–Crippen MR) is 118 cm³/mol. The number of nitrogens with zero attached hydrogens (tertiary/aromatic N) is 3. The minimum atomic E-state index is -1.04. The average Bonchev–Trinajstić information content (AvgIpc) is 3.13. The predicted octanol–water partition coefficient (Wildman–Crippen LogP) is 3.95. The molecule has 1 heterocycles. The quantitative estimate of drug-likeness (QED) is 0.498. The van der Waals surface area contributed by atoms with Crippen molar-refractivity contribution in [2.75, 3.05) is 11.1 Å². The Labute approximate surface area is 188 Å². The van der Waals surface area contributed by atoms with Crippen LogP contribution in [0.2, 0.25) is 0 Å². The molecule has 0 bridgehead atoms. The van der Waals surface area contributed by atoms with Gasteiger partial charge in [0.25, 0.3) is 5.91 Å². The van der Waals surface area contributed by atoms with Crippen LogP contribution >= 0.6 is 11.8 Å². The Morgan fingerprint density at radius 3 is 2.44 bits per heavy atom. The second kappa shape index (κ2) is 10.4. The van der Waals surface area contributed by atoms with Gasteiger partial charge < -0.3 is 15.2 Å². The zero-order valence-electron chi connectivity index (χ0n) is 17.8. The first kappa shape index (κ1) is 23.4. The minimum absolute atomic E-state index is 0.00626. The number of hydrogen-bond acceptors (Lipinski definition) is 5. The van der Waals surface area contributed by atoms with E-state index in [1.807, 2.05) is 19.9 Å². The zero-order chi connectivity index (χ0) is 23.3. The van der Waals surface area contributed by atoms with E-state index >= 15 is 0 Å². The van der Waals surface area contributed by atoms with Crippen molar-refractivity contribution in [3.05, 3.63) is 71.6 Å². The van der Waals surface area contributed by atoms with Crippen molar-refractivity contribution >= 4 is 29.3 Å². The Kier molecular flexibility index (Phi) is 7.57. The SMILES string of the molecule is CC(C)C(NC(=O)c1ccccc1)c1nnc(SCC(=O)Nc2ccc(F)c(F)c2)n1C. The van der Waals surface area contributed by atoms with Gasteiger partial charge in [-0.05, 0) is 30.2 Å². The summed E-state index contributed by atoms with van der Waals surface area (Å²) in [4.78, 5) is 24.8. The topological polar surface area (TPSA) is 88.9 Å². The Balaban J connectivity index is 1.65. The maximum absolute atomic E-state index is 13.3. The maximum atomic E-state index is 13.3. The van der Waals surface area contributed by atoms with Crippen LogP contribution in [-0.4, -0.2) is 32.3 Å². The van der Waals surface area contributed by atoms with Crippen molar-refractivity contribution in [3.8, 4) is 0 Å². The standard InChI is InChI=1S/C22H23F2N5O2S/c1-13(2)19(26-21(31)14-7-5-4-6-8-14)20-27-28-22(29(20)3)32-12-18(30)25-15-9-10-16(23)17(24)11-15/h4-11,13,19H,12H2,1-3H3,(H,25,30)(H,26,31). The first-order chi connectivity index (χ1) is 15.3. The van der Waals surface area contributed by atoms with Crippen molar-refractivity contribution in [3.63, 3.8) is 0 Å². The number of thioether (sulfide) groups is 1. The Hall–Kier alpha value is -3.27. The van der Waals surface area contributed by atoms with E-state index in [1.54, 1.807) is 35.9 Å². The highest BCUT2D eigenvalue weighted by Gasteiger charge is 2.25. The third-order valence-electron chi connectivity index (χ3n) is 4.67. The van der Waals surface area contributed by atoms with E-state index in [1.165, 1.54) is 6.07 Å². The summed E-state index contributed by atoms with van der Waals surface area (Å²) >= 11 is 1.14. The summed E-state index contributed by atoms with van der Waals surface area (Å²) in [6, 6.07) is 11.7. The molecule has 2 aromatic carbocycles. The number of aromatic nitrogens is 3. The van der Waals surface area contributed by atoms with E-state index in [0.29, 0.717) is 16.5 Å². The van der Waals surface area contributed by atoms with Crippen LogP contribution in [0, 0.1) is 17.6 Å². The third-order valence-corrected chi connectivity index (χ3v) is 5.69. The normalized spacial score (nSPS) is 11.9. The number of rotatable bonds is 8. The van der Waals surface area contributed by atoms with E-state index in [4.69, 9.17) is 0 Å². The molecule has 1 aromatic heterocycles. The van der Waals surface area contributed by atoms with Gasteiger partial charge in [-0.1, -0.05) is 43.8 Å². The van der Waals surface area contributed by atoms with Gasteiger partial charge in [-0.2, -0.15) is 0 Å². The molecule has 2 N–H and O–H groups in total. The molecule has 32 heavy (non-hydrogen) atoms. The molecule has 0 spiro atoms. The first-order valence-corrected chi connectivity index (χ1v) is 10.9. The molecule has 3 aromatic rings. The molecule has 3 rings (SSSR count). The average molecular weight is 460 g/mol. The minimum Gasteiger partial charge on any atom is -0.342 e. The van der Waals surface area contributed by atoms with Crippen molar-refractivity contribution in [1.82, 2.24) is 20.1 Å². The van der Waals surface area contributed by atoms with E-state index < -0.39 is 17.5 Å². The Morgan fingerprint density at radius 2 is 1.78 bits per heavy atom. The molecule has 1 atom stereocenters. The number of carbonyl (C=O) groups is 2. The smallest absolute Gasteiger partial charge is 0.251 e. The Bertz CT molecular complexity index is 1100. The number of anilines is 1. The summed E-state index contributed by atoms with van der Waals surface area (Å²) in [5, 5.41) is 14.4. The molecule has 0 aliphatic carbocycles. The summed E-state index contributed by atoms with van der Waals surface area (Å²) in [5.41, 5.74) is 0.709. The zero-order valence-corrected chi connectivity index (χ0v) is 18.6. The molecule has 0 aliphatic rings. The summed E-state index contributed by atoms with van der Waals surface area (Å²) < 4.78 is 28.0. The van der Waals surface area contributed by atoms with E-state index in [0.717, 1.165) is 23.9 Å². The molecule has 0 aliphatic heterocycles. The second-order valence-corrected chi connectivity index (χ2v) is 8.37. The van der Waals surface area contributed by atoms with Gasteiger partial charge in [0.05, 0.1) is 11.8 Å². The van der Waals surface area contributed by atoms with Crippen molar-refractivity contribution in [1.29, 1.82) is 0 Å². The molecule has 0 fully saturated rings. The van der Waals surface area contributed by atoms with Crippen molar-refractivity contribution < 1.29 is 18.4 Å². The fraction of sp³-hybridized carbons (Fsp3) is 0.273. The number of amides is 2. The number of hydrogen-bond donors (Lipinski definition) is 2. The third kappa shape index (κ3) is 5.70. The maximum Gasteiger partial charge on any atom is 0.251 e. The molecule has 7 nitrogen and oxygen atoms in total. The van der Waals surface area contributed by atoms with Crippen LogP contribution < -0.4 is 10.6 Å². The monoisotopic (exact) mass is 459 g/mol. The number of benzene rings is 2. The molecule has 0 saturated heterocycles. The molecule has 2 amide bonds. The summed E-state index contributed by atoms with van der Waals surface area (Å²) in [6.07, 6.45) is 0. The molecular weight excluding hydrogens is 436 g/mol. The lowest BCUT2D eigenvalue weighted by Gasteiger charge is -2.21. The molecule has 10 heteroatoms. The van der Waals surface area contributed by atoms with Gasteiger partial charge >= 0.3 is 0 Å². The first-order valence-electron chi connectivity index (χ1n) is 9.89. The second-order valence-electron chi connectivity index (χ2n) is 7.43. The van der Waals surface area contributed by atoms with E-state index in [9.17, 15) is 18.4 Å². The summed E-state index contributed by atoms with van der Waals surface area (Å²) in [7, 11) is 1.76. The van der Waals surface area contributed by atoms with Crippen LogP contribution in [0.3, 0.4) is 0 Å². The molecule has 168 valence electrons. The molecule has 0 saturated carbocycles. The van der Waals surface area contributed by atoms with Gasteiger partial charge in [0.15, 0.2) is 22.6 Å². The van der Waals surface area contributed by atoms with Gasteiger partial charge in [-0.25, -0.2) is 8.78 Å². The summed E-state index contributed by atoms with van der Waals surface area (Å²) in [6.45, 7) is 3.93. The lowest BCUT2D eigenvalue weighted by molar-refractivity contribution is -0.113. The largest absolute Gasteiger partial charge is 0.342 e. The highest BCUT2D eigenvalue weighted by Crippen LogP contribution is 2.24. The Morgan fingerprint density at radius 1 is 1.06 bits per heavy atom. The number of carbonyl (C=O) groups excluding carboxylic acids is 2. The van der Waals surface area contributed by atoms with Crippen LogP contribution in [0.1, 0.15) is 36.1 Å². The van der Waals surface area contributed by atoms with Crippen LogP contribution in [0.25, 0.3) is 0 Å². The van der Waals surface area contributed by atoms with Gasteiger partial charge in [0.1, 0.15) is 0 Å². The van der Waals surface area contributed by atoms with E-state index in [-0.39, 0.29) is 29.3 Å². The lowest BCUT2D eigenvalue weighted by atomic mass is 10.0. The van der Waals surface area contributed by atoms with Gasteiger partial charge in [-0.3, -0.25) is 9.59 Å².